The van der Waals surface area contributed by atoms with Crippen molar-refractivity contribution in [2.45, 2.75) is 51.3 Å². The lowest BCUT2D eigenvalue weighted by Gasteiger charge is -2.26. The molecule has 0 saturated heterocycles. The maximum absolute atomic E-state index is 9.95. The van der Waals surface area contributed by atoms with Crippen molar-refractivity contribution in [3.63, 3.8) is 0 Å². The zero-order valence-corrected chi connectivity index (χ0v) is 14.8. The van der Waals surface area contributed by atoms with Crippen LogP contribution in [0.2, 0.25) is 0 Å². The predicted octanol–water partition coefficient (Wildman–Crippen LogP) is 1.78. The van der Waals surface area contributed by atoms with Gasteiger partial charge in [0.05, 0.1) is 6.10 Å². The minimum absolute atomic E-state index is 0.111. The molecular formula is C17H26N6O. The SMILES string of the molecule is CC(C)N(C)c1nc2c(N[C@H]3C[C@@H]4C[C@H]3C[C@@H]4O)ncnc2n1C. The minimum atomic E-state index is -0.111. The fraction of sp³-hybridized carbons (Fsp3) is 0.706. The van der Waals surface area contributed by atoms with Gasteiger partial charge in [-0.3, -0.25) is 4.57 Å². The monoisotopic (exact) mass is 330 g/mol. The zero-order chi connectivity index (χ0) is 17.0. The molecule has 2 aromatic heterocycles. The number of aromatic nitrogens is 4. The van der Waals surface area contributed by atoms with Crippen LogP contribution in [-0.2, 0) is 7.05 Å². The van der Waals surface area contributed by atoms with Gasteiger partial charge in [0.15, 0.2) is 17.0 Å². The van der Waals surface area contributed by atoms with Crippen LogP contribution in [0, 0.1) is 11.8 Å². The number of aliphatic hydroxyl groups is 1. The van der Waals surface area contributed by atoms with Gasteiger partial charge in [0.2, 0.25) is 5.95 Å². The molecule has 2 heterocycles. The third-order valence-corrected chi connectivity index (χ3v) is 5.86. The molecule has 0 amide bonds. The molecule has 2 saturated carbocycles. The third kappa shape index (κ3) is 2.33. The third-order valence-electron chi connectivity index (χ3n) is 5.86. The lowest BCUT2D eigenvalue weighted by atomic mass is 9.93. The molecule has 2 aliphatic rings. The van der Waals surface area contributed by atoms with Crippen LogP contribution >= 0.6 is 0 Å². The molecule has 0 aliphatic heterocycles. The Balaban J connectivity index is 1.66. The van der Waals surface area contributed by atoms with Crippen molar-refractivity contribution in [1.82, 2.24) is 19.5 Å². The van der Waals surface area contributed by atoms with Crippen molar-refractivity contribution in [2.75, 3.05) is 17.3 Å². The molecule has 0 spiro atoms. The summed E-state index contributed by atoms with van der Waals surface area (Å²) in [6.07, 6.45) is 4.53. The molecule has 7 nitrogen and oxygen atoms in total. The Morgan fingerprint density at radius 1 is 1.25 bits per heavy atom. The van der Waals surface area contributed by atoms with Crippen LogP contribution in [0.5, 0.6) is 0 Å². The lowest BCUT2D eigenvalue weighted by Crippen LogP contribution is -2.31. The summed E-state index contributed by atoms with van der Waals surface area (Å²) in [5.74, 6) is 2.69. The molecule has 0 radical (unpaired) electrons. The molecule has 7 heteroatoms. The molecule has 0 unspecified atom stereocenters. The summed E-state index contributed by atoms with van der Waals surface area (Å²) < 4.78 is 2.02. The highest BCUT2D eigenvalue weighted by Gasteiger charge is 2.45. The van der Waals surface area contributed by atoms with Crippen LogP contribution in [0.25, 0.3) is 11.2 Å². The van der Waals surface area contributed by atoms with Gasteiger partial charge in [0.25, 0.3) is 0 Å². The van der Waals surface area contributed by atoms with E-state index in [1.165, 1.54) is 0 Å². The smallest absolute Gasteiger partial charge is 0.207 e. The summed E-state index contributed by atoms with van der Waals surface area (Å²) in [4.78, 5) is 15.8. The van der Waals surface area contributed by atoms with Crippen LogP contribution < -0.4 is 10.2 Å². The number of hydrogen-bond donors (Lipinski definition) is 2. The average molecular weight is 330 g/mol. The van der Waals surface area contributed by atoms with Gasteiger partial charge < -0.3 is 15.3 Å². The molecule has 2 bridgehead atoms. The van der Waals surface area contributed by atoms with E-state index in [9.17, 15) is 5.11 Å². The van der Waals surface area contributed by atoms with Gasteiger partial charge in [-0.1, -0.05) is 0 Å². The lowest BCUT2D eigenvalue weighted by molar-refractivity contribution is 0.110. The van der Waals surface area contributed by atoms with Crippen LogP contribution in [0.4, 0.5) is 11.8 Å². The first-order chi connectivity index (χ1) is 11.5. The fourth-order valence-electron chi connectivity index (χ4n) is 4.24. The molecule has 2 aliphatic carbocycles. The maximum atomic E-state index is 9.95. The number of aliphatic hydroxyl groups excluding tert-OH is 1. The number of nitrogens with zero attached hydrogens (tertiary/aromatic N) is 5. The Bertz CT molecular complexity index is 755. The number of nitrogens with one attached hydrogen (secondary N) is 1. The average Bonchev–Trinajstić information content (AvgIpc) is 3.20. The highest BCUT2D eigenvalue weighted by atomic mass is 16.3. The van der Waals surface area contributed by atoms with E-state index in [0.717, 1.165) is 42.2 Å². The van der Waals surface area contributed by atoms with Gasteiger partial charge in [-0.25, -0.2) is 15.0 Å². The van der Waals surface area contributed by atoms with E-state index >= 15 is 0 Å². The fourth-order valence-corrected chi connectivity index (χ4v) is 4.24. The minimum Gasteiger partial charge on any atom is -0.393 e. The molecule has 130 valence electrons. The van der Waals surface area contributed by atoms with Gasteiger partial charge in [0.1, 0.15) is 6.33 Å². The van der Waals surface area contributed by atoms with E-state index in [1.807, 2.05) is 18.7 Å². The Kier molecular flexibility index (Phi) is 3.63. The topological polar surface area (TPSA) is 79.1 Å². The standard InChI is InChI=1S/C17H26N6O/c1-9(2)22(3)17-21-14-15(18-8-19-16(14)23(17)4)20-12-6-11-5-10(12)7-13(11)24/h8-13,24H,5-7H2,1-4H3,(H,18,19,20)/t10-,11-,12-,13-/m0/s1. The van der Waals surface area contributed by atoms with Crippen molar-refractivity contribution in [1.29, 1.82) is 0 Å². The number of rotatable bonds is 4. The quantitative estimate of drug-likeness (QED) is 0.890. The van der Waals surface area contributed by atoms with Crippen LogP contribution in [0.15, 0.2) is 6.33 Å². The molecule has 2 N–H and O–H groups in total. The molecule has 2 aromatic rings. The summed E-state index contributed by atoms with van der Waals surface area (Å²) in [6.45, 7) is 4.29. The van der Waals surface area contributed by atoms with E-state index in [0.29, 0.717) is 23.9 Å². The number of hydrogen-bond acceptors (Lipinski definition) is 6. The van der Waals surface area contributed by atoms with E-state index in [1.54, 1.807) is 6.33 Å². The van der Waals surface area contributed by atoms with Gasteiger partial charge in [-0.15, -0.1) is 0 Å². The summed E-state index contributed by atoms with van der Waals surface area (Å²) in [7, 11) is 4.04. The van der Waals surface area contributed by atoms with Gasteiger partial charge >= 0.3 is 0 Å². The van der Waals surface area contributed by atoms with Crippen LogP contribution in [-0.4, -0.2) is 49.9 Å². The Morgan fingerprint density at radius 3 is 2.67 bits per heavy atom. The number of fused-ring (bicyclic) bond motifs is 3. The van der Waals surface area contributed by atoms with Crippen molar-refractivity contribution in [3.05, 3.63) is 6.33 Å². The van der Waals surface area contributed by atoms with Crippen molar-refractivity contribution in [3.8, 4) is 0 Å². The largest absolute Gasteiger partial charge is 0.393 e. The number of aryl methyl sites for hydroxylation is 1. The number of imidazole rings is 1. The normalized spacial score (nSPS) is 28.9. The Hall–Kier alpha value is -1.89. The summed E-state index contributed by atoms with van der Waals surface area (Å²) in [5.41, 5.74) is 1.67. The molecule has 2 fully saturated rings. The van der Waals surface area contributed by atoms with E-state index in [2.05, 4.69) is 34.0 Å². The van der Waals surface area contributed by atoms with E-state index in [-0.39, 0.29) is 6.10 Å². The second kappa shape index (κ2) is 5.58. The van der Waals surface area contributed by atoms with Crippen molar-refractivity contribution < 1.29 is 5.11 Å². The van der Waals surface area contributed by atoms with Crippen molar-refractivity contribution in [2.24, 2.45) is 18.9 Å². The molecule has 24 heavy (non-hydrogen) atoms. The zero-order valence-electron chi connectivity index (χ0n) is 14.8. The van der Waals surface area contributed by atoms with Gasteiger partial charge in [-0.2, -0.15) is 0 Å². The first kappa shape index (κ1) is 15.6. The van der Waals surface area contributed by atoms with Crippen molar-refractivity contribution >= 4 is 22.9 Å². The van der Waals surface area contributed by atoms with Gasteiger partial charge in [-0.05, 0) is 44.9 Å². The van der Waals surface area contributed by atoms with Crippen LogP contribution in [0.1, 0.15) is 33.1 Å². The highest BCUT2D eigenvalue weighted by Crippen LogP contribution is 2.46. The van der Waals surface area contributed by atoms with Crippen LogP contribution in [0.3, 0.4) is 0 Å². The highest BCUT2D eigenvalue weighted by molar-refractivity contribution is 5.85. The predicted molar refractivity (Wildman–Crippen MR) is 94.1 cm³/mol. The maximum Gasteiger partial charge on any atom is 0.207 e. The summed E-state index contributed by atoms with van der Waals surface area (Å²) in [6, 6.07) is 0.738. The summed E-state index contributed by atoms with van der Waals surface area (Å²) >= 11 is 0. The Labute approximate surface area is 142 Å². The Morgan fingerprint density at radius 2 is 2.04 bits per heavy atom. The second-order valence-corrected chi connectivity index (χ2v) is 7.62. The second-order valence-electron chi connectivity index (χ2n) is 7.62. The van der Waals surface area contributed by atoms with E-state index in [4.69, 9.17) is 4.98 Å². The first-order valence-electron chi connectivity index (χ1n) is 8.80. The summed E-state index contributed by atoms with van der Waals surface area (Å²) in [5, 5.41) is 13.5. The molecule has 4 atom stereocenters. The first-order valence-corrected chi connectivity index (χ1v) is 8.80. The van der Waals surface area contributed by atoms with E-state index < -0.39 is 0 Å². The number of anilines is 2. The molecule has 0 aromatic carbocycles. The van der Waals surface area contributed by atoms with Gasteiger partial charge in [0, 0.05) is 26.2 Å². The molecular weight excluding hydrogens is 304 g/mol. The molecule has 4 rings (SSSR count).